The fourth-order valence-corrected chi connectivity index (χ4v) is 4.29. The van der Waals surface area contributed by atoms with E-state index in [1.807, 2.05) is 51.1 Å². The van der Waals surface area contributed by atoms with Crippen LogP contribution < -0.4 is 0 Å². The molecule has 0 aromatic heterocycles. The van der Waals surface area contributed by atoms with Gasteiger partial charge in [0.15, 0.2) is 0 Å². The van der Waals surface area contributed by atoms with Gasteiger partial charge in [-0.25, -0.2) is 8.78 Å². The van der Waals surface area contributed by atoms with Crippen molar-refractivity contribution >= 4 is 0 Å². The van der Waals surface area contributed by atoms with Gasteiger partial charge in [-0.15, -0.1) is 0 Å². The Labute approximate surface area is 226 Å². The normalized spacial score (nSPS) is 10.8. The van der Waals surface area contributed by atoms with Crippen molar-refractivity contribution in [2.75, 3.05) is 0 Å². The molecular weight excluding hydrogens is 458 g/mol. The van der Waals surface area contributed by atoms with Gasteiger partial charge >= 0.3 is 0 Å². The van der Waals surface area contributed by atoms with Gasteiger partial charge in [0.25, 0.3) is 0 Å². The Morgan fingerprint density at radius 2 is 1.22 bits per heavy atom. The van der Waals surface area contributed by atoms with Crippen molar-refractivity contribution in [2.45, 2.75) is 113 Å². The zero-order chi connectivity index (χ0) is 28.1. The Morgan fingerprint density at radius 3 is 1.70 bits per heavy atom. The van der Waals surface area contributed by atoms with Crippen LogP contribution in [0.15, 0.2) is 54.6 Å². The van der Waals surface area contributed by atoms with Crippen LogP contribution in [0.5, 0.6) is 0 Å². The maximum atomic E-state index is 13.5. The maximum absolute atomic E-state index is 13.5. The predicted octanol–water partition coefficient (Wildman–Crippen LogP) is 11.1. The first-order valence-corrected chi connectivity index (χ1v) is 14.1. The molecule has 0 atom stereocenters. The minimum Gasteiger partial charge on any atom is -0.207 e. The molecule has 0 nitrogen and oxygen atoms in total. The van der Waals surface area contributed by atoms with Crippen LogP contribution in [-0.2, 0) is 19.3 Å². The molecule has 3 rings (SSSR count). The van der Waals surface area contributed by atoms with Crippen LogP contribution in [0, 0.1) is 18.6 Å². The quantitative estimate of drug-likeness (QED) is 0.298. The van der Waals surface area contributed by atoms with Gasteiger partial charge in [0.2, 0.25) is 0 Å². The van der Waals surface area contributed by atoms with Crippen molar-refractivity contribution < 1.29 is 8.78 Å². The van der Waals surface area contributed by atoms with Crippen molar-refractivity contribution in [1.29, 1.82) is 0 Å². The first kappa shape index (κ1) is 32.5. The monoisotopic (exact) mass is 508 g/mol. The van der Waals surface area contributed by atoms with E-state index in [1.165, 1.54) is 16.7 Å². The molecule has 0 aliphatic carbocycles. The third kappa shape index (κ3) is 10.4. The number of rotatable bonds is 7. The van der Waals surface area contributed by atoms with Crippen molar-refractivity contribution in [2.24, 2.45) is 0 Å². The molecule has 0 fully saturated rings. The van der Waals surface area contributed by atoms with E-state index in [0.717, 1.165) is 47.9 Å². The summed E-state index contributed by atoms with van der Waals surface area (Å²) >= 11 is 0. The third-order valence-electron chi connectivity index (χ3n) is 6.68. The van der Waals surface area contributed by atoms with Crippen LogP contribution in [-0.4, -0.2) is 0 Å². The lowest BCUT2D eigenvalue weighted by molar-refractivity contribution is 0.584. The van der Waals surface area contributed by atoms with Crippen LogP contribution >= 0.6 is 0 Å². The summed E-state index contributed by atoms with van der Waals surface area (Å²) in [5, 5.41) is 0. The van der Waals surface area contributed by atoms with E-state index in [-0.39, 0.29) is 17.6 Å². The minimum atomic E-state index is -0.0481. The Kier molecular flexibility index (Phi) is 14.4. The van der Waals surface area contributed by atoms with E-state index >= 15 is 0 Å². The fourth-order valence-electron chi connectivity index (χ4n) is 4.29. The van der Waals surface area contributed by atoms with Crippen molar-refractivity contribution in [3.05, 3.63) is 105 Å². The van der Waals surface area contributed by atoms with Gasteiger partial charge in [0, 0.05) is 0 Å². The summed E-state index contributed by atoms with van der Waals surface area (Å²) in [5.41, 5.74) is 7.95. The molecule has 0 saturated carbocycles. The van der Waals surface area contributed by atoms with E-state index in [9.17, 15) is 8.78 Å². The summed E-state index contributed by atoms with van der Waals surface area (Å²) in [6.07, 6.45) is 3.75. The molecule has 0 spiro atoms. The predicted molar refractivity (Wildman–Crippen MR) is 159 cm³/mol. The summed E-state index contributed by atoms with van der Waals surface area (Å²) in [4.78, 5) is 0. The van der Waals surface area contributed by atoms with Crippen LogP contribution in [0.25, 0.3) is 0 Å². The first-order valence-electron chi connectivity index (χ1n) is 14.1. The summed E-state index contributed by atoms with van der Waals surface area (Å²) in [6, 6.07) is 18.0. The van der Waals surface area contributed by atoms with Crippen LogP contribution in [0.3, 0.4) is 0 Å². The van der Waals surface area contributed by atoms with Gasteiger partial charge in [-0.05, 0) is 83.4 Å². The molecule has 0 aliphatic rings. The largest absolute Gasteiger partial charge is 0.207 e. The van der Waals surface area contributed by atoms with Gasteiger partial charge < -0.3 is 0 Å². The summed E-state index contributed by atoms with van der Waals surface area (Å²) in [7, 11) is 0. The Hall–Kier alpha value is -2.48. The van der Waals surface area contributed by atoms with Crippen molar-refractivity contribution in [3.63, 3.8) is 0 Å². The van der Waals surface area contributed by atoms with Crippen LogP contribution in [0.2, 0.25) is 0 Å². The lowest BCUT2D eigenvalue weighted by Crippen LogP contribution is -1.96. The lowest BCUT2D eigenvalue weighted by atomic mass is 9.94. The van der Waals surface area contributed by atoms with Gasteiger partial charge in [-0.2, -0.15) is 0 Å². The molecule has 0 aliphatic heterocycles. The Balaban J connectivity index is 0.000000278. The molecule has 0 N–H and O–H groups in total. The van der Waals surface area contributed by atoms with Crippen molar-refractivity contribution in [1.82, 2.24) is 0 Å². The summed E-state index contributed by atoms with van der Waals surface area (Å²) < 4.78 is 26.9. The highest BCUT2D eigenvalue weighted by Gasteiger charge is 2.09. The first-order chi connectivity index (χ1) is 17.5. The van der Waals surface area contributed by atoms with Gasteiger partial charge in [0.05, 0.1) is 0 Å². The maximum Gasteiger partial charge on any atom is 0.129 e. The lowest BCUT2D eigenvalue weighted by Gasteiger charge is -2.11. The molecule has 0 bridgehead atoms. The molecule has 3 aromatic rings. The summed E-state index contributed by atoms with van der Waals surface area (Å²) in [6.45, 7) is 21.1. The van der Waals surface area contributed by atoms with Crippen LogP contribution in [0.4, 0.5) is 8.78 Å². The molecule has 0 saturated heterocycles. The second kappa shape index (κ2) is 16.4. The van der Waals surface area contributed by atoms with Gasteiger partial charge in [0.1, 0.15) is 11.6 Å². The highest BCUT2D eigenvalue weighted by molar-refractivity contribution is 5.33. The number of benzene rings is 3. The fraction of sp³-hybridized carbons (Fsp3) is 0.486. The smallest absolute Gasteiger partial charge is 0.129 e. The van der Waals surface area contributed by atoms with Crippen LogP contribution in [0.1, 0.15) is 125 Å². The SMILES string of the molecule is CCCc1ccc(C(C)C)cc1F.CCc1ccc(C)cc1C(C)C.CCc1cccc(C(C)C)c1F. The molecular formula is C35H50F2. The van der Waals surface area contributed by atoms with Crippen molar-refractivity contribution in [3.8, 4) is 0 Å². The zero-order valence-corrected chi connectivity index (χ0v) is 25.0. The highest BCUT2D eigenvalue weighted by atomic mass is 19.1. The van der Waals surface area contributed by atoms with E-state index in [4.69, 9.17) is 0 Å². The number of hydrogen-bond donors (Lipinski definition) is 0. The zero-order valence-electron chi connectivity index (χ0n) is 25.0. The minimum absolute atomic E-state index is 0.0185. The molecule has 0 heterocycles. The average molecular weight is 509 g/mol. The Bertz CT molecular complexity index is 1080. The third-order valence-corrected chi connectivity index (χ3v) is 6.68. The molecule has 2 heteroatoms. The average Bonchev–Trinajstić information content (AvgIpc) is 2.86. The van der Waals surface area contributed by atoms with E-state index in [2.05, 4.69) is 66.7 Å². The number of halogens is 2. The molecule has 0 unspecified atom stereocenters. The van der Waals surface area contributed by atoms with Gasteiger partial charge in [-0.1, -0.05) is 123 Å². The number of aryl methyl sites for hydroxylation is 4. The molecule has 0 amide bonds. The van der Waals surface area contributed by atoms with Gasteiger partial charge in [-0.3, -0.25) is 0 Å². The van der Waals surface area contributed by atoms with E-state index in [1.54, 1.807) is 6.07 Å². The Morgan fingerprint density at radius 1 is 0.622 bits per heavy atom. The highest BCUT2D eigenvalue weighted by Crippen LogP contribution is 2.22. The summed E-state index contributed by atoms with van der Waals surface area (Å²) in [5.74, 6) is 1.27. The number of hydrogen-bond acceptors (Lipinski definition) is 0. The van der Waals surface area contributed by atoms with E-state index in [0.29, 0.717) is 11.8 Å². The topological polar surface area (TPSA) is 0 Å². The molecule has 204 valence electrons. The second-order valence-corrected chi connectivity index (χ2v) is 10.8. The molecule has 37 heavy (non-hydrogen) atoms. The molecule has 0 radical (unpaired) electrons. The van der Waals surface area contributed by atoms with E-state index < -0.39 is 0 Å². The molecule has 3 aromatic carbocycles. The second-order valence-electron chi connectivity index (χ2n) is 10.8. The standard InChI is InChI=1S/C12H17F.C12H18.C11H15F/c1-4-5-10-6-7-11(9(2)3)8-12(10)13;1-5-11-7-6-10(4)8-12(11)9(2)3;1-4-9-6-5-7-10(8(2)3)11(9)12/h6-9H,4-5H2,1-3H3;6-9H,5H2,1-4H3;5-8H,4H2,1-3H3.